The third kappa shape index (κ3) is 3.81. The molecule has 0 aliphatic carbocycles. The zero-order valence-electron chi connectivity index (χ0n) is 15.5. The minimum atomic E-state index is -4.60. The second-order valence-corrected chi connectivity index (χ2v) is 7.86. The normalized spacial score (nSPS) is 23.2. The molecule has 0 aromatic heterocycles. The molecule has 1 atom stereocenters. The zero-order valence-corrected chi connectivity index (χ0v) is 15.5. The molecule has 150 valence electrons. The fourth-order valence-electron chi connectivity index (χ4n) is 3.76. The van der Waals surface area contributed by atoms with E-state index in [1.807, 2.05) is 0 Å². The van der Waals surface area contributed by atoms with Crippen LogP contribution in [-0.2, 0) is 19.3 Å². The van der Waals surface area contributed by atoms with Gasteiger partial charge in [0.2, 0.25) is 0 Å². The standard InChI is InChI=1S/C19H23F5N2O/c1-11(2)26-9-15-14(17(26)27)6-13(7-16(15)19(22,23)24)8-25-5-4-12(3)18(20,21)10-25/h6-7,11-12H,4-5,8-10H2,1-3H3. The van der Waals surface area contributed by atoms with Crippen LogP contribution >= 0.6 is 0 Å². The minimum Gasteiger partial charge on any atom is -0.332 e. The van der Waals surface area contributed by atoms with Gasteiger partial charge in [-0.2, -0.15) is 13.2 Å². The van der Waals surface area contributed by atoms with Crippen molar-refractivity contribution in [2.45, 2.75) is 58.4 Å². The number of amides is 1. The van der Waals surface area contributed by atoms with Gasteiger partial charge in [0, 0.05) is 30.6 Å². The lowest BCUT2D eigenvalue weighted by molar-refractivity contribution is -0.138. The minimum absolute atomic E-state index is 0.0254. The number of fused-ring (bicyclic) bond motifs is 1. The molecule has 8 heteroatoms. The smallest absolute Gasteiger partial charge is 0.332 e. The van der Waals surface area contributed by atoms with E-state index < -0.39 is 36.0 Å². The predicted octanol–water partition coefficient (Wildman–Crippen LogP) is 4.55. The topological polar surface area (TPSA) is 23.6 Å². The number of benzene rings is 1. The van der Waals surface area contributed by atoms with Crippen molar-refractivity contribution in [3.63, 3.8) is 0 Å². The molecule has 0 N–H and O–H groups in total. The third-order valence-corrected chi connectivity index (χ3v) is 5.50. The second-order valence-electron chi connectivity index (χ2n) is 7.86. The maximum Gasteiger partial charge on any atom is 0.416 e. The largest absolute Gasteiger partial charge is 0.416 e. The Morgan fingerprint density at radius 3 is 2.48 bits per heavy atom. The van der Waals surface area contributed by atoms with Crippen LogP contribution in [0.4, 0.5) is 22.0 Å². The van der Waals surface area contributed by atoms with Crippen LogP contribution in [0.5, 0.6) is 0 Å². The van der Waals surface area contributed by atoms with Crippen LogP contribution < -0.4 is 0 Å². The van der Waals surface area contributed by atoms with Crippen LogP contribution in [-0.4, -0.2) is 40.8 Å². The molecule has 0 bridgehead atoms. The average Bonchev–Trinajstić information content (AvgIpc) is 2.86. The molecular weight excluding hydrogens is 367 g/mol. The summed E-state index contributed by atoms with van der Waals surface area (Å²) in [5.74, 6) is -4.06. The quantitative estimate of drug-likeness (QED) is 0.707. The van der Waals surface area contributed by atoms with Crippen LogP contribution in [0.2, 0.25) is 0 Å². The van der Waals surface area contributed by atoms with E-state index >= 15 is 0 Å². The van der Waals surface area contributed by atoms with Gasteiger partial charge < -0.3 is 4.90 Å². The number of carbonyl (C=O) groups is 1. The maximum atomic E-state index is 14.0. The summed E-state index contributed by atoms with van der Waals surface area (Å²) < 4.78 is 68.6. The van der Waals surface area contributed by atoms with Crippen LogP contribution in [0, 0.1) is 5.92 Å². The highest BCUT2D eigenvalue weighted by molar-refractivity contribution is 5.99. The van der Waals surface area contributed by atoms with Crippen molar-refractivity contribution in [3.05, 3.63) is 34.4 Å². The number of halogens is 5. The van der Waals surface area contributed by atoms with Gasteiger partial charge in [-0.15, -0.1) is 0 Å². The van der Waals surface area contributed by atoms with Crippen molar-refractivity contribution in [1.82, 2.24) is 9.80 Å². The van der Waals surface area contributed by atoms with Gasteiger partial charge in [-0.3, -0.25) is 9.69 Å². The van der Waals surface area contributed by atoms with Gasteiger partial charge in [-0.25, -0.2) is 8.78 Å². The molecule has 1 aromatic rings. The van der Waals surface area contributed by atoms with Gasteiger partial charge in [-0.1, -0.05) is 6.92 Å². The van der Waals surface area contributed by atoms with Crippen LogP contribution in [0.25, 0.3) is 0 Å². The first-order chi connectivity index (χ1) is 12.4. The van der Waals surface area contributed by atoms with E-state index in [1.165, 1.54) is 22.8 Å². The molecule has 2 aliphatic heterocycles. The number of hydrogen-bond acceptors (Lipinski definition) is 2. The number of nitrogens with zero attached hydrogens (tertiary/aromatic N) is 2. The Bertz CT molecular complexity index is 744. The first-order valence-corrected chi connectivity index (χ1v) is 9.04. The lowest BCUT2D eigenvalue weighted by Crippen LogP contribution is -2.47. The molecule has 27 heavy (non-hydrogen) atoms. The first kappa shape index (κ1) is 20.0. The predicted molar refractivity (Wildman–Crippen MR) is 90.5 cm³/mol. The van der Waals surface area contributed by atoms with Crippen molar-refractivity contribution in [3.8, 4) is 0 Å². The Morgan fingerprint density at radius 1 is 1.26 bits per heavy atom. The van der Waals surface area contributed by atoms with E-state index in [0.29, 0.717) is 6.54 Å². The Kier molecular flexibility index (Phi) is 4.99. The van der Waals surface area contributed by atoms with E-state index in [4.69, 9.17) is 0 Å². The fraction of sp³-hybridized carbons (Fsp3) is 0.632. The summed E-state index contributed by atoms with van der Waals surface area (Å²) in [6, 6.07) is 2.22. The van der Waals surface area contributed by atoms with Crippen LogP contribution in [0.3, 0.4) is 0 Å². The van der Waals surface area contributed by atoms with Crippen LogP contribution in [0.15, 0.2) is 12.1 Å². The molecule has 0 radical (unpaired) electrons. The third-order valence-electron chi connectivity index (χ3n) is 5.50. The van der Waals surface area contributed by atoms with Crippen molar-refractivity contribution < 1.29 is 26.7 Å². The molecule has 0 spiro atoms. The Morgan fingerprint density at radius 2 is 1.93 bits per heavy atom. The SMILES string of the molecule is CC(C)N1Cc2c(cc(CN3CCC(C)C(F)(F)C3)cc2C(F)(F)F)C1=O. The molecule has 1 fully saturated rings. The average molecular weight is 390 g/mol. The summed E-state index contributed by atoms with van der Waals surface area (Å²) >= 11 is 0. The summed E-state index contributed by atoms with van der Waals surface area (Å²) in [4.78, 5) is 15.4. The van der Waals surface area contributed by atoms with E-state index in [0.717, 1.165) is 6.07 Å². The highest BCUT2D eigenvalue weighted by Gasteiger charge is 2.43. The number of hydrogen-bond donors (Lipinski definition) is 0. The van der Waals surface area contributed by atoms with Gasteiger partial charge in [-0.05, 0) is 50.1 Å². The molecular formula is C19H23F5N2O. The van der Waals surface area contributed by atoms with Gasteiger partial charge in [0.25, 0.3) is 11.8 Å². The Balaban J connectivity index is 1.94. The molecule has 1 amide bonds. The van der Waals surface area contributed by atoms with Gasteiger partial charge >= 0.3 is 6.18 Å². The van der Waals surface area contributed by atoms with Crippen molar-refractivity contribution in [2.24, 2.45) is 5.92 Å². The summed E-state index contributed by atoms with van der Waals surface area (Å²) in [6.45, 7) is 4.76. The highest BCUT2D eigenvalue weighted by atomic mass is 19.4. The number of carbonyl (C=O) groups excluding carboxylic acids is 1. The van der Waals surface area contributed by atoms with Crippen LogP contribution in [0.1, 0.15) is 54.2 Å². The number of piperidine rings is 1. The molecule has 3 nitrogen and oxygen atoms in total. The number of rotatable bonds is 3. The highest BCUT2D eigenvalue weighted by Crippen LogP contribution is 2.39. The molecule has 1 unspecified atom stereocenters. The van der Waals surface area contributed by atoms with E-state index in [-0.39, 0.29) is 42.2 Å². The molecule has 2 heterocycles. The van der Waals surface area contributed by atoms with Gasteiger partial charge in [0.1, 0.15) is 0 Å². The number of alkyl halides is 5. The summed E-state index contributed by atoms with van der Waals surface area (Å²) in [5.41, 5.74) is -0.595. The lowest BCUT2D eigenvalue weighted by atomic mass is 9.94. The molecule has 3 rings (SSSR count). The van der Waals surface area contributed by atoms with Gasteiger partial charge in [0.15, 0.2) is 0 Å². The number of likely N-dealkylation sites (tertiary alicyclic amines) is 1. The first-order valence-electron chi connectivity index (χ1n) is 9.04. The lowest BCUT2D eigenvalue weighted by Gasteiger charge is -2.36. The molecule has 2 aliphatic rings. The second kappa shape index (κ2) is 6.72. The van der Waals surface area contributed by atoms with Crippen molar-refractivity contribution in [2.75, 3.05) is 13.1 Å². The summed E-state index contributed by atoms with van der Waals surface area (Å²) in [5, 5.41) is 0. The molecule has 1 aromatic carbocycles. The summed E-state index contributed by atoms with van der Waals surface area (Å²) in [6.07, 6.45) is -4.32. The maximum absolute atomic E-state index is 14.0. The Labute approximate surface area is 155 Å². The van der Waals surface area contributed by atoms with Gasteiger partial charge in [0.05, 0.1) is 12.1 Å². The molecule has 1 saturated heterocycles. The van der Waals surface area contributed by atoms with E-state index in [1.54, 1.807) is 13.8 Å². The molecule has 0 saturated carbocycles. The zero-order chi connectivity index (χ0) is 20.1. The van der Waals surface area contributed by atoms with E-state index in [9.17, 15) is 26.7 Å². The fourth-order valence-corrected chi connectivity index (χ4v) is 3.76. The van der Waals surface area contributed by atoms with Crippen molar-refractivity contribution >= 4 is 5.91 Å². The Hall–Kier alpha value is -1.70. The monoisotopic (exact) mass is 390 g/mol. The van der Waals surface area contributed by atoms with Crippen molar-refractivity contribution in [1.29, 1.82) is 0 Å². The summed E-state index contributed by atoms with van der Waals surface area (Å²) in [7, 11) is 0. The van der Waals surface area contributed by atoms with E-state index in [2.05, 4.69) is 0 Å².